The summed E-state index contributed by atoms with van der Waals surface area (Å²) in [6.07, 6.45) is 4.53. The molecule has 1 atom stereocenters. The van der Waals surface area contributed by atoms with Gasteiger partial charge in [-0.3, -0.25) is 0 Å². The number of rotatable bonds is 0. The average Bonchev–Trinajstić information content (AvgIpc) is 1.94. The SMILES string of the molecule is CC1CCCC[Si]1(C)C.CN(C)C. The van der Waals surface area contributed by atoms with Gasteiger partial charge in [0.1, 0.15) is 0 Å². The van der Waals surface area contributed by atoms with Crippen LogP contribution in [0.5, 0.6) is 0 Å². The lowest BCUT2D eigenvalue weighted by Gasteiger charge is -2.34. The van der Waals surface area contributed by atoms with Crippen molar-refractivity contribution in [2.45, 2.75) is 50.9 Å². The summed E-state index contributed by atoms with van der Waals surface area (Å²) in [5, 5.41) is 0. The summed E-state index contributed by atoms with van der Waals surface area (Å²) >= 11 is 0. The van der Waals surface area contributed by atoms with Gasteiger partial charge < -0.3 is 4.90 Å². The summed E-state index contributed by atoms with van der Waals surface area (Å²) in [4.78, 5) is 2.00. The van der Waals surface area contributed by atoms with Crippen LogP contribution < -0.4 is 0 Å². The molecule has 1 heterocycles. The Labute approximate surface area is 85.5 Å². The summed E-state index contributed by atoms with van der Waals surface area (Å²) in [5.74, 6) is 0. The zero-order chi connectivity index (χ0) is 10.5. The lowest BCUT2D eigenvalue weighted by atomic mass is 10.2. The molecular formula is C11H27NSi. The van der Waals surface area contributed by atoms with Gasteiger partial charge in [-0.1, -0.05) is 45.3 Å². The Hall–Kier alpha value is 0.177. The smallest absolute Gasteiger partial charge is 0.0502 e. The number of hydrogen-bond acceptors (Lipinski definition) is 1. The Morgan fingerprint density at radius 3 is 1.77 bits per heavy atom. The molecule has 0 saturated carbocycles. The lowest BCUT2D eigenvalue weighted by Crippen LogP contribution is -2.33. The van der Waals surface area contributed by atoms with Crippen LogP contribution in [0.2, 0.25) is 24.7 Å². The van der Waals surface area contributed by atoms with Crippen LogP contribution in [0.25, 0.3) is 0 Å². The maximum Gasteiger partial charge on any atom is 0.0502 e. The van der Waals surface area contributed by atoms with Crippen LogP contribution in [0.15, 0.2) is 0 Å². The van der Waals surface area contributed by atoms with Gasteiger partial charge in [0.25, 0.3) is 0 Å². The van der Waals surface area contributed by atoms with Gasteiger partial charge in [-0.15, -0.1) is 0 Å². The highest BCUT2D eigenvalue weighted by atomic mass is 28.3. The molecule has 13 heavy (non-hydrogen) atoms. The van der Waals surface area contributed by atoms with Crippen LogP contribution in [-0.4, -0.2) is 34.1 Å². The normalized spacial score (nSPS) is 26.5. The van der Waals surface area contributed by atoms with Crippen molar-refractivity contribution in [2.24, 2.45) is 0 Å². The predicted molar refractivity (Wildman–Crippen MR) is 65.2 cm³/mol. The van der Waals surface area contributed by atoms with E-state index in [1.807, 2.05) is 26.0 Å². The van der Waals surface area contributed by atoms with Crippen molar-refractivity contribution in [1.29, 1.82) is 0 Å². The monoisotopic (exact) mass is 201 g/mol. The topological polar surface area (TPSA) is 3.24 Å². The van der Waals surface area contributed by atoms with E-state index in [1.165, 1.54) is 19.3 Å². The minimum atomic E-state index is -0.694. The maximum absolute atomic E-state index is 2.54. The molecule has 1 fully saturated rings. The largest absolute Gasteiger partial charge is 0.312 e. The fourth-order valence-electron chi connectivity index (χ4n) is 1.67. The van der Waals surface area contributed by atoms with Crippen molar-refractivity contribution in [3.63, 3.8) is 0 Å². The summed E-state index contributed by atoms with van der Waals surface area (Å²) in [6.45, 7) is 7.53. The Morgan fingerprint density at radius 1 is 1.08 bits per heavy atom. The Bertz CT molecular complexity index is 129. The van der Waals surface area contributed by atoms with Crippen LogP contribution in [0.1, 0.15) is 26.2 Å². The van der Waals surface area contributed by atoms with Crippen LogP contribution >= 0.6 is 0 Å². The minimum absolute atomic E-state index is 0.694. The quantitative estimate of drug-likeness (QED) is 0.543. The van der Waals surface area contributed by atoms with E-state index in [9.17, 15) is 0 Å². The maximum atomic E-state index is 2.54. The first-order valence-corrected chi connectivity index (χ1v) is 8.75. The predicted octanol–water partition coefficient (Wildman–Crippen LogP) is 3.45. The van der Waals surface area contributed by atoms with Crippen LogP contribution in [0.3, 0.4) is 0 Å². The second-order valence-electron chi connectivity index (χ2n) is 5.48. The van der Waals surface area contributed by atoms with Gasteiger partial charge in [0, 0.05) is 0 Å². The van der Waals surface area contributed by atoms with Gasteiger partial charge >= 0.3 is 0 Å². The zero-order valence-corrected chi connectivity index (χ0v) is 11.4. The third-order valence-electron chi connectivity index (χ3n) is 3.04. The molecule has 1 rings (SSSR count). The summed E-state index contributed by atoms with van der Waals surface area (Å²) < 4.78 is 0. The first-order chi connectivity index (χ1) is 5.86. The van der Waals surface area contributed by atoms with E-state index in [0.29, 0.717) is 0 Å². The van der Waals surface area contributed by atoms with E-state index in [1.54, 1.807) is 6.04 Å². The van der Waals surface area contributed by atoms with Crippen molar-refractivity contribution >= 4 is 8.07 Å². The highest BCUT2D eigenvalue weighted by molar-refractivity contribution is 6.78. The van der Waals surface area contributed by atoms with Crippen molar-refractivity contribution < 1.29 is 0 Å². The van der Waals surface area contributed by atoms with Gasteiger partial charge in [0.05, 0.1) is 8.07 Å². The van der Waals surface area contributed by atoms with E-state index in [2.05, 4.69) is 20.0 Å². The molecule has 0 bridgehead atoms. The first kappa shape index (κ1) is 13.2. The summed E-state index contributed by atoms with van der Waals surface area (Å²) in [7, 11) is 5.31. The third kappa shape index (κ3) is 6.27. The molecule has 0 N–H and O–H groups in total. The van der Waals surface area contributed by atoms with E-state index in [-0.39, 0.29) is 0 Å². The fraction of sp³-hybridized carbons (Fsp3) is 1.00. The molecule has 2 heteroatoms. The average molecular weight is 201 g/mol. The summed E-state index contributed by atoms with van der Waals surface area (Å²) in [5.41, 5.74) is 1.09. The second kappa shape index (κ2) is 5.81. The molecule has 0 aliphatic carbocycles. The van der Waals surface area contributed by atoms with Gasteiger partial charge in [-0.25, -0.2) is 0 Å². The number of nitrogens with zero attached hydrogens (tertiary/aromatic N) is 1. The van der Waals surface area contributed by atoms with Crippen molar-refractivity contribution in [1.82, 2.24) is 4.90 Å². The summed E-state index contributed by atoms with van der Waals surface area (Å²) in [6, 6.07) is 1.58. The molecule has 0 amide bonds. The lowest BCUT2D eigenvalue weighted by molar-refractivity contribution is 0.505. The Kier molecular flexibility index (Phi) is 5.89. The molecule has 0 aromatic rings. The zero-order valence-electron chi connectivity index (χ0n) is 10.4. The first-order valence-electron chi connectivity index (χ1n) is 5.47. The molecule has 0 aromatic heterocycles. The van der Waals surface area contributed by atoms with Crippen molar-refractivity contribution in [3.05, 3.63) is 0 Å². The fourth-order valence-corrected chi connectivity index (χ4v) is 4.31. The van der Waals surface area contributed by atoms with E-state index >= 15 is 0 Å². The standard InChI is InChI=1S/C8H18Si.C3H9N/c1-8-6-4-5-7-9(8,2)3;1-4(2)3/h8H,4-7H2,1-3H3;1-3H3. The Morgan fingerprint density at radius 2 is 1.54 bits per heavy atom. The number of hydrogen-bond donors (Lipinski definition) is 0. The molecule has 0 spiro atoms. The third-order valence-corrected chi connectivity index (χ3v) is 7.64. The van der Waals surface area contributed by atoms with E-state index in [0.717, 1.165) is 5.54 Å². The van der Waals surface area contributed by atoms with E-state index < -0.39 is 8.07 Å². The minimum Gasteiger partial charge on any atom is -0.312 e. The van der Waals surface area contributed by atoms with Crippen molar-refractivity contribution in [3.8, 4) is 0 Å². The van der Waals surface area contributed by atoms with Crippen molar-refractivity contribution in [2.75, 3.05) is 21.1 Å². The molecule has 1 aliphatic heterocycles. The molecule has 0 radical (unpaired) electrons. The van der Waals surface area contributed by atoms with Gasteiger partial charge in [0.15, 0.2) is 0 Å². The molecule has 1 aliphatic rings. The molecular weight excluding hydrogens is 174 g/mol. The highest BCUT2D eigenvalue weighted by Gasteiger charge is 2.30. The highest BCUT2D eigenvalue weighted by Crippen LogP contribution is 2.36. The second-order valence-corrected chi connectivity index (χ2v) is 10.9. The molecule has 80 valence electrons. The molecule has 1 unspecified atom stereocenters. The Balaban J connectivity index is 0.000000310. The van der Waals surface area contributed by atoms with Gasteiger partial charge in [0.2, 0.25) is 0 Å². The molecule has 0 aromatic carbocycles. The van der Waals surface area contributed by atoms with Crippen LogP contribution in [-0.2, 0) is 0 Å². The molecule has 1 saturated heterocycles. The van der Waals surface area contributed by atoms with Gasteiger partial charge in [-0.05, 0) is 26.7 Å². The van der Waals surface area contributed by atoms with Crippen LogP contribution in [0.4, 0.5) is 0 Å². The molecule has 1 nitrogen and oxygen atoms in total. The van der Waals surface area contributed by atoms with Gasteiger partial charge in [-0.2, -0.15) is 0 Å². The van der Waals surface area contributed by atoms with Crippen LogP contribution in [0, 0.1) is 0 Å². The van der Waals surface area contributed by atoms with E-state index in [4.69, 9.17) is 0 Å².